The van der Waals surface area contributed by atoms with Gasteiger partial charge in [0.15, 0.2) is 10.4 Å². The molecule has 3 aromatic rings. The number of benzene rings is 2. The quantitative estimate of drug-likeness (QED) is 0.593. The molecule has 5 nitrogen and oxygen atoms in total. The largest absolute Gasteiger partial charge is 0.444 e. The van der Waals surface area contributed by atoms with Crippen LogP contribution in [-0.4, -0.2) is 18.4 Å². The smallest absolute Gasteiger partial charge is 0.291 e. The SMILES string of the molecule is O=C(Cc1ccc(NC(=O)c2ccc(Br)o2)cc1)NCC#Cc1ccccc1. The van der Waals surface area contributed by atoms with Crippen molar-refractivity contribution in [3.63, 3.8) is 0 Å². The molecule has 1 aromatic heterocycles. The first kappa shape index (κ1) is 19.5. The van der Waals surface area contributed by atoms with E-state index >= 15 is 0 Å². The van der Waals surface area contributed by atoms with E-state index in [9.17, 15) is 9.59 Å². The summed E-state index contributed by atoms with van der Waals surface area (Å²) >= 11 is 3.16. The van der Waals surface area contributed by atoms with Crippen LogP contribution >= 0.6 is 15.9 Å². The number of carbonyl (C=O) groups is 2. The number of nitrogens with one attached hydrogen (secondary N) is 2. The Bertz CT molecular complexity index is 1020. The first-order valence-corrected chi connectivity index (χ1v) is 9.36. The fourth-order valence-electron chi connectivity index (χ4n) is 2.39. The molecule has 0 saturated carbocycles. The molecule has 2 N–H and O–H groups in total. The van der Waals surface area contributed by atoms with Gasteiger partial charge in [-0.3, -0.25) is 9.59 Å². The second-order valence-electron chi connectivity index (χ2n) is 5.88. The van der Waals surface area contributed by atoms with Gasteiger partial charge in [-0.2, -0.15) is 0 Å². The van der Waals surface area contributed by atoms with Gasteiger partial charge in [-0.15, -0.1) is 0 Å². The van der Waals surface area contributed by atoms with Crippen molar-refractivity contribution >= 4 is 33.4 Å². The Balaban J connectivity index is 1.46. The molecule has 6 heteroatoms. The lowest BCUT2D eigenvalue weighted by Crippen LogP contribution is -2.25. The molecule has 3 rings (SSSR count). The van der Waals surface area contributed by atoms with Crippen LogP contribution in [0.15, 0.2) is 75.8 Å². The summed E-state index contributed by atoms with van der Waals surface area (Å²) in [5.74, 6) is 5.68. The number of amides is 2. The maximum atomic E-state index is 12.0. The summed E-state index contributed by atoms with van der Waals surface area (Å²) in [6, 6.07) is 19.9. The van der Waals surface area contributed by atoms with Crippen LogP contribution in [-0.2, 0) is 11.2 Å². The van der Waals surface area contributed by atoms with E-state index in [0.29, 0.717) is 16.9 Å². The predicted octanol–water partition coefficient (Wildman–Crippen LogP) is 4.00. The molecule has 0 aliphatic carbocycles. The molecule has 2 aromatic carbocycles. The molecule has 0 unspecified atom stereocenters. The van der Waals surface area contributed by atoms with E-state index in [2.05, 4.69) is 38.4 Å². The van der Waals surface area contributed by atoms with Crippen molar-refractivity contribution < 1.29 is 14.0 Å². The van der Waals surface area contributed by atoms with Crippen molar-refractivity contribution in [1.82, 2.24) is 5.32 Å². The van der Waals surface area contributed by atoms with Crippen molar-refractivity contribution in [1.29, 1.82) is 0 Å². The van der Waals surface area contributed by atoms with Crippen LogP contribution in [0.4, 0.5) is 5.69 Å². The molecule has 2 amide bonds. The number of furan rings is 1. The highest BCUT2D eigenvalue weighted by Crippen LogP contribution is 2.16. The lowest BCUT2D eigenvalue weighted by Gasteiger charge is -2.05. The molecular weight excluding hydrogens is 420 g/mol. The second-order valence-corrected chi connectivity index (χ2v) is 6.66. The van der Waals surface area contributed by atoms with E-state index in [1.54, 1.807) is 36.4 Å². The molecule has 1 heterocycles. The van der Waals surface area contributed by atoms with Gasteiger partial charge in [0.25, 0.3) is 5.91 Å². The molecule has 0 aliphatic rings. The maximum Gasteiger partial charge on any atom is 0.291 e. The summed E-state index contributed by atoms with van der Waals surface area (Å²) in [5.41, 5.74) is 2.37. The Morgan fingerprint density at radius 1 is 0.964 bits per heavy atom. The molecule has 0 aliphatic heterocycles. The Labute approximate surface area is 171 Å². The average molecular weight is 437 g/mol. The number of carbonyl (C=O) groups excluding carboxylic acids is 2. The van der Waals surface area contributed by atoms with E-state index < -0.39 is 0 Å². The van der Waals surface area contributed by atoms with Crippen LogP contribution in [0, 0.1) is 11.8 Å². The lowest BCUT2D eigenvalue weighted by molar-refractivity contribution is -0.120. The fraction of sp³-hybridized carbons (Fsp3) is 0.0909. The predicted molar refractivity (Wildman–Crippen MR) is 111 cm³/mol. The van der Waals surface area contributed by atoms with Gasteiger partial charge in [-0.05, 0) is 57.9 Å². The van der Waals surface area contributed by atoms with Gasteiger partial charge in [-0.25, -0.2) is 0 Å². The number of hydrogen-bond acceptors (Lipinski definition) is 3. The summed E-state index contributed by atoms with van der Waals surface area (Å²) in [5, 5.41) is 5.51. The molecule has 0 spiro atoms. The highest BCUT2D eigenvalue weighted by molar-refractivity contribution is 9.10. The third-order valence-electron chi connectivity index (χ3n) is 3.75. The van der Waals surface area contributed by atoms with Crippen LogP contribution < -0.4 is 10.6 Å². The molecule has 0 bridgehead atoms. The highest BCUT2D eigenvalue weighted by atomic mass is 79.9. The summed E-state index contributed by atoms with van der Waals surface area (Å²) < 4.78 is 5.70. The highest BCUT2D eigenvalue weighted by Gasteiger charge is 2.10. The monoisotopic (exact) mass is 436 g/mol. The first-order valence-electron chi connectivity index (χ1n) is 8.56. The summed E-state index contributed by atoms with van der Waals surface area (Å²) in [6.07, 6.45) is 0.242. The Morgan fingerprint density at radius 3 is 2.39 bits per heavy atom. The number of halogens is 1. The molecule has 28 heavy (non-hydrogen) atoms. The van der Waals surface area contributed by atoms with Crippen molar-refractivity contribution in [2.24, 2.45) is 0 Å². The summed E-state index contributed by atoms with van der Waals surface area (Å²) in [4.78, 5) is 24.0. The fourth-order valence-corrected chi connectivity index (χ4v) is 2.70. The Morgan fingerprint density at radius 2 is 1.71 bits per heavy atom. The zero-order valence-corrected chi connectivity index (χ0v) is 16.5. The number of anilines is 1. The van der Waals surface area contributed by atoms with Crippen LogP contribution in [0.1, 0.15) is 21.7 Å². The van der Waals surface area contributed by atoms with E-state index in [1.165, 1.54) is 0 Å². The van der Waals surface area contributed by atoms with E-state index in [-0.39, 0.29) is 24.0 Å². The summed E-state index contributed by atoms with van der Waals surface area (Å²) in [7, 11) is 0. The Kier molecular flexibility index (Phi) is 6.66. The third kappa shape index (κ3) is 5.86. The standard InChI is InChI=1S/C22H17BrN2O3/c23-20-13-12-19(28-20)22(27)25-18-10-8-17(9-11-18)15-21(26)24-14-4-7-16-5-2-1-3-6-16/h1-3,5-6,8-13H,14-15H2,(H,24,26)(H,25,27). The zero-order valence-electron chi connectivity index (χ0n) is 14.9. The van der Waals surface area contributed by atoms with Crippen LogP contribution in [0.3, 0.4) is 0 Å². The van der Waals surface area contributed by atoms with Crippen molar-refractivity contribution in [3.8, 4) is 11.8 Å². The molecule has 0 radical (unpaired) electrons. The van der Waals surface area contributed by atoms with Gasteiger partial charge in [0.2, 0.25) is 5.91 Å². The summed E-state index contributed by atoms with van der Waals surface area (Å²) in [6.45, 7) is 0.292. The van der Waals surface area contributed by atoms with E-state index in [0.717, 1.165) is 11.1 Å². The van der Waals surface area contributed by atoms with Gasteiger partial charge >= 0.3 is 0 Å². The molecular formula is C22H17BrN2O3. The average Bonchev–Trinajstić information content (AvgIpc) is 3.14. The lowest BCUT2D eigenvalue weighted by atomic mass is 10.1. The molecule has 0 atom stereocenters. The molecule has 140 valence electrons. The van der Waals surface area contributed by atoms with E-state index in [1.807, 2.05) is 30.3 Å². The van der Waals surface area contributed by atoms with Crippen LogP contribution in [0.2, 0.25) is 0 Å². The maximum absolute atomic E-state index is 12.0. The van der Waals surface area contributed by atoms with Gasteiger partial charge in [-0.1, -0.05) is 42.2 Å². The van der Waals surface area contributed by atoms with Gasteiger partial charge in [0.05, 0.1) is 13.0 Å². The van der Waals surface area contributed by atoms with Gasteiger partial charge < -0.3 is 15.1 Å². The van der Waals surface area contributed by atoms with Crippen LogP contribution in [0.5, 0.6) is 0 Å². The second kappa shape index (κ2) is 9.58. The minimum Gasteiger partial charge on any atom is -0.444 e. The molecule has 0 saturated heterocycles. The van der Waals surface area contributed by atoms with Gasteiger partial charge in [0, 0.05) is 11.3 Å². The van der Waals surface area contributed by atoms with Gasteiger partial charge in [0.1, 0.15) is 0 Å². The zero-order chi connectivity index (χ0) is 19.8. The number of rotatable bonds is 5. The molecule has 0 fully saturated rings. The topological polar surface area (TPSA) is 71.3 Å². The third-order valence-corrected chi connectivity index (χ3v) is 4.18. The number of hydrogen-bond donors (Lipinski definition) is 2. The minimum absolute atomic E-state index is 0.111. The van der Waals surface area contributed by atoms with Crippen molar-refractivity contribution in [2.75, 3.05) is 11.9 Å². The van der Waals surface area contributed by atoms with Crippen molar-refractivity contribution in [2.45, 2.75) is 6.42 Å². The minimum atomic E-state index is -0.340. The van der Waals surface area contributed by atoms with Crippen LogP contribution in [0.25, 0.3) is 0 Å². The first-order chi connectivity index (χ1) is 13.6. The van der Waals surface area contributed by atoms with Crippen molar-refractivity contribution in [3.05, 3.63) is 88.3 Å². The van der Waals surface area contributed by atoms with E-state index in [4.69, 9.17) is 4.42 Å². The Hall–Kier alpha value is -3.30. The normalized spacial score (nSPS) is 9.89.